The van der Waals surface area contributed by atoms with Gasteiger partial charge in [0.2, 0.25) is 0 Å². The van der Waals surface area contributed by atoms with Crippen LogP contribution < -0.4 is 10.6 Å². The van der Waals surface area contributed by atoms with Crippen molar-refractivity contribution in [2.24, 2.45) is 5.92 Å². The highest BCUT2D eigenvalue weighted by Crippen LogP contribution is 2.25. The second-order valence-electron chi connectivity index (χ2n) is 5.06. The minimum atomic E-state index is 0.630. The van der Waals surface area contributed by atoms with Crippen LogP contribution in [0.25, 0.3) is 0 Å². The SMILES string of the molecule is CCC(C)C(CNCCCNC)c1ccccc1. The zero-order valence-electron chi connectivity index (χ0n) is 12.1. The molecule has 0 aliphatic heterocycles. The summed E-state index contributed by atoms with van der Waals surface area (Å²) >= 11 is 0. The van der Waals surface area contributed by atoms with Gasteiger partial charge in [-0.1, -0.05) is 50.6 Å². The van der Waals surface area contributed by atoms with Gasteiger partial charge in [-0.15, -0.1) is 0 Å². The van der Waals surface area contributed by atoms with Crippen molar-refractivity contribution in [3.05, 3.63) is 35.9 Å². The lowest BCUT2D eigenvalue weighted by Crippen LogP contribution is -2.27. The molecule has 102 valence electrons. The van der Waals surface area contributed by atoms with Crippen molar-refractivity contribution in [1.29, 1.82) is 0 Å². The molecule has 0 amide bonds. The molecule has 0 aliphatic carbocycles. The number of benzene rings is 1. The van der Waals surface area contributed by atoms with E-state index in [-0.39, 0.29) is 0 Å². The van der Waals surface area contributed by atoms with E-state index in [1.54, 1.807) is 0 Å². The normalized spacial score (nSPS) is 14.4. The molecule has 0 fully saturated rings. The molecule has 0 heterocycles. The average Bonchev–Trinajstić information content (AvgIpc) is 2.43. The number of nitrogens with one attached hydrogen (secondary N) is 2. The summed E-state index contributed by atoms with van der Waals surface area (Å²) in [6.07, 6.45) is 2.43. The quantitative estimate of drug-likeness (QED) is 0.656. The third-order valence-corrected chi connectivity index (χ3v) is 3.70. The van der Waals surface area contributed by atoms with E-state index < -0.39 is 0 Å². The molecule has 1 rings (SSSR count). The molecule has 0 aromatic heterocycles. The molecule has 2 nitrogen and oxygen atoms in total. The number of hydrogen-bond donors (Lipinski definition) is 2. The highest BCUT2D eigenvalue weighted by molar-refractivity contribution is 5.20. The fourth-order valence-corrected chi connectivity index (χ4v) is 2.28. The van der Waals surface area contributed by atoms with Gasteiger partial charge in [-0.2, -0.15) is 0 Å². The van der Waals surface area contributed by atoms with E-state index in [9.17, 15) is 0 Å². The molecule has 2 atom stereocenters. The first kappa shape index (κ1) is 15.2. The van der Waals surface area contributed by atoms with Gasteiger partial charge in [0.1, 0.15) is 0 Å². The van der Waals surface area contributed by atoms with Gasteiger partial charge in [0.15, 0.2) is 0 Å². The Morgan fingerprint density at radius 1 is 1.11 bits per heavy atom. The fraction of sp³-hybridized carbons (Fsp3) is 0.625. The van der Waals surface area contributed by atoms with Crippen LogP contribution in [-0.4, -0.2) is 26.7 Å². The molecule has 1 aromatic rings. The van der Waals surface area contributed by atoms with Crippen LogP contribution in [0.1, 0.15) is 38.2 Å². The first-order valence-electron chi connectivity index (χ1n) is 7.19. The molecule has 18 heavy (non-hydrogen) atoms. The third kappa shape index (κ3) is 5.19. The van der Waals surface area contributed by atoms with E-state index in [0.29, 0.717) is 5.92 Å². The number of rotatable bonds is 9. The van der Waals surface area contributed by atoms with Crippen LogP contribution in [0.3, 0.4) is 0 Å². The predicted octanol–water partition coefficient (Wildman–Crippen LogP) is 3.02. The van der Waals surface area contributed by atoms with Gasteiger partial charge in [0.05, 0.1) is 0 Å². The Labute approximate surface area is 112 Å². The summed E-state index contributed by atoms with van der Waals surface area (Å²) in [5.74, 6) is 1.36. The van der Waals surface area contributed by atoms with E-state index in [4.69, 9.17) is 0 Å². The second-order valence-corrected chi connectivity index (χ2v) is 5.06. The van der Waals surface area contributed by atoms with Crippen molar-refractivity contribution in [1.82, 2.24) is 10.6 Å². The zero-order chi connectivity index (χ0) is 13.2. The Kier molecular flexibility index (Phi) is 7.70. The standard InChI is InChI=1S/C16H28N2/c1-4-14(2)16(13-18-12-8-11-17-3)15-9-6-5-7-10-15/h5-7,9-10,14,16-18H,4,8,11-13H2,1-3H3. The lowest BCUT2D eigenvalue weighted by Gasteiger charge is -2.24. The molecule has 0 radical (unpaired) electrons. The molecule has 2 heteroatoms. The third-order valence-electron chi connectivity index (χ3n) is 3.70. The molecule has 0 aliphatic rings. The van der Waals surface area contributed by atoms with Crippen molar-refractivity contribution in [2.45, 2.75) is 32.6 Å². The van der Waals surface area contributed by atoms with Crippen LogP contribution >= 0.6 is 0 Å². The minimum Gasteiger partial charge on any atom is -0.320 e. The topological polar surface area (TPSA) is 24.1 Å². The molecule has 1 aromatic carbocycles. The maximum Gasteiger partial charge on any atom is 0.00227 e. The van der Waals surface area contributed by atoms with Crippen molar-refractivity contribution in [3.8, 4) is 0 Å². The van der Waals surface area contributed by atoms with Crippen molar-refractivity contribution in [3.63, 3.8) is 0 Å². The fourth-order valence-electron chi connectivity index (χ4n) is 2.28. The van der Waals surface area contributed by atoms with Gasteiger partial charge < -0.3 is 10.6 Å². The number of hydrogen-bond acceptors (Lipinski definition) is 2. The van der Waals surface area contributed by atoms with E-state index in [1.807, 2.05) is 7.05 Å². The zero-order valence-corrected chi connectivity index (χ0v) is 12.1. The Bertz CT molecular complexity index is 297. The lowest BCUT2D eigenvalue weighted by molar-refractivity contribution is 0.419. The second kappa shape index (κ2) is 9.12. The first-order valence-corrected chi connectivity index (χ1v) is 7.19. The van der Waals surface area contributed by atoms with Crippen LogP contribution in [0.4, 0.5) is 0 Å². The average molecular weight is 248 g/mol. The van der Waals surface area contributed by atoms with E-state index in [2.05, 4.69) is 54.8 Å². The predicted molar refractivity (Wildman–Crippen MR) is 80.1 cm³/mol. The van der Waals surface area contributed by atoms with Gasteiger partial charge in [-0.25, -0.2) is 0 Å². The maximum atomic E-state index is 3.59. The minimum absolute atomic E-state index is 0.630. The summed E-state index contributed by atoms with van der Waals surface area (Å²) in [4.78, 5) is 0. The van der Waals surface area contributed by atoms with Crippen LogP contribution in [0, 0.1) is 5.92 Å². The highest BCUT2D eigenvalue weighted by Gasteiger charge is 2.16. The lowest BCUT2D eigenvalue weighted by atomic mass is 9.85. The first-order chi connectivity index (χ1) is 8.79. The summed E-state index contributed by atoms with van der Waals surface area (Å²) in [5, 5.41) is 6.78. The Balaban J connectivity index is 2.47. The van der Waals surface area contributed by atoms with Gasteiger partial charge >= 0.3 is 0 Å². The van der Waals surface area contributed by atoms with Crippen molar-refractivity contribution >= 4 is 0 Å². The monoisotopic (exact) mass is 248 g/mol. The highest BCUT2D eigenvalue weighted by atomic mass is 14.9. The molecule has 0 bridgehead atoms. The summed E-state index contributed by atoms with van der Waals surface area (Å²) in [7, 11) is 2.01. The van der Waals surface area contributed by atoms with Crippen LogP contribution in [0.15, 0.2) is 30.3 Å². The van der Waals surface area contributed by atoms with Crippen LogP contribution in [-0.2, 0) is 0 Å². The summed E-state index contributed by atoms with van der Waals surface area (Å²) in [6, 6.07) is 10.9. The van der Waals surface area contributed by atoms with Crippen molar-refractivity contribution < 1.29 is 0 Å². The van der Waals surface area contributed by atoms with E-state index in [0.717, 1.165) is 25.6 Å². The van der Waals surface area contributed by atoms with Crippen molar-refractivity contribution in [2.75, 3.05) is 26.7 Å². The van der Waals surface area contributed by atoms with Gasteiger partial charge in [0.25, 0.3) is 0 Å². The maximum absolute atomic E-state index is 3.59. The van der Waals surface area contributed by atoms with E-state index in [1.165, 1.54) is 18.4 Å². The molecule has 0 saturated heterocycles. The Morgan fingerprint density at radius 2 is 1.83 bits per heavy atom. The van der Waals surface area contributed by atoms with Gasteiger partial charge in [0, 0.05) is 6.54 Å². The van der Waals surface area contributed by atoms with E-state index >= 15 is 0 Å². The van der Waals surface area contributed by atoms with Gasteiger partial charge in [-0.3, -0.25) is 0 Å². The Hall–Kier alpha value is -0.860. The summed E-state index contributed by atoms with van der Waals surface area (Å²) in [5.41, 5.74) is 1.47. The van der Waals surface area contributed by atoms with Gasteiger partial charge in [-0.05, 0) is 44.0 Å². The summed E-state index contributed by atoms with van der Waals surface area (Å²) < 4.78 is 0. The molecule has 2 unspecified atom stereocenters. The molecule has 0 saturated carbocycles. The smallest absolute Gasteiger partial charge is 0.00227 e. The van der Waals surface area contributed by atoms with Crippen LogP contribution in [0.2, 0.25) is 0 Å². The Morgan fingerprint density at radius 3 is 2.44 bits per heavy atom. The molecular formula is C16H28N2. The largest absolute Gasteiger partial charge is 0.320 e. The van der Waals surface area contributed by atoms with Crippen LogP contribution in [0.5, 0.6) is 0 Å². The molecule has 2 N–H and O–H groups in total. The molecular weight excluding hydrogens is 220 g/mol. The molecule has 0 spiro atoms. The summed E-state index contributed by atoms with van der Waals surface area (Å²) in [6.45, 7) is 7.91.